The molecule has 0 heterocycles. The van der Waals surface area contributed by atoms with E-state index in [-0.39, 0.29) is 0 Å². The highest BCUT2D eigenvalue weighted by molar-refractivity contribution is 7.99. The summed E-state index contributed by atoms with van der Waals surface area (Å²) in [6.07, 6.45) is 2.84. The highest BCUT2D eigenvalue weighted by atomic mass is 32.2. The number of carbonyl (C=O) groups is 1. The van der Waals surface area contributed by atoms with E-state index in [0.29, 0.717) is 12.5 Å². The van der Waals surface area contributed by atoms with Gasteiger partial charge in [0.25, 0.3) is 0 Å². The highest BCUT2D eigenvalue weighted by Gasteiger charge is 2.27. The van der Waals surface area contributed by atoms with Gasteiger partial charge in [0.1, 0.15) is 11.8 Å². The Bertz CT molecular complexity index is 434. The molecule has 0 amide bonds. The van der Waals surface area contributed by atoms with E-state index in [4.69, 9.17) is 9.84 Å². The Labute approximate surface area is 117 Å². The molecule has 0 bridgehead atoms. The van der Waals surface area contributed by atoms with Gasteiger partial charge in [0.15, 0.2) is 0 Å². The van der Waals surface area contributed by atoms with Crippen LogP contribution in [-0.2, 0) is 4.79 Å². The Morgan fingerprint density at radius 1 is 1.58 bits per heavy atom. The molecule has 1 aliphatic rings. The van der Waals surface area contributed by atoms with Gasteiger partial charge in [0.2, 0.25) is 0 Å². The normalized spacial score (nSPS) is 16.1. The van der Waals surface area contributed by atoms with Crippen LogP contribution in [0.4, 0.5) is 0 Å². The Balaban J connectivity index is 1.78. The van der Waals surface area contributed by atoms with Gasteiger partial charge in [0, 0.05) is 16.7 Å². The fourth-order valence-electron chi connectivity index (χ4n) is 1.80. The van der Waals surface area contributed by atoms with Crippen LogP contribution >= 0.6 is 11.8 Å². The Kier molecular flexibility index (Phi) is 5.10. The van der Waals surface area contributed by atoms with Crippen molar-refractivity contribution in [1.82, 2.24) is 5.32 Å². The van der Waals surface area contributed by atoms with E-state index >= 15 is 0 Å². The Morgan fingerprint density at radius 2 is 2.37 bits per heavy atom. The SMILES string of the molecule is COc1cccc(SCCC(NC2CC2)C(=O)O)c1. The van der Waals surface area contributed by atoms with Crippen molar-refractivity contribution < 1.29 is 14.6 Å². The zero-order valence-electron chi connectivity index (χ0n) is 11.0. The molecule has 1 unspecified atom stereocenters. The summed E-state index contributed by atoms with van der Waals surface area (Å²) in [6.45, 7) is 0. The molecule has 1 atom stereocenters. The molecule has 1 fully saturated rings. The van der Waals surface area contributed by atoms with E-state index in [1.807, 2.05) is 24.3 Å². The van der Waals surface area contributed by atoms with Gasteiger partial charge >= 0.3 is 5.97 Å². The van der Waals surface area contributed by atoms with Crippen LogP contribution in [-0.4, -0.2) is 36.0 Å². The zero-order valence-corrected chi connectivity index (χ0v) is 11.8. The molecule has 0 aromatic heterocycles. The summed E-state index contributed by atoms with van der Waals surface area (Å²) < 4.78 is 5.16. The van der Waals surface area contributed by atoms with Gasteiger partial charge < -0.3 is 15.2 Å². The first kappa shape index (κ1) is 14.2. The second kappa shape index (κ2) is 6.82. The largest absolute Gasteiger partial charge is 0.497 e. The van der Waals surface area contributed by atoms with Crippen LogP contribution in [0.5, 0.6) is 5.75 Å². The first-order chi connectivity index (χ1) is 9.19. The van der Waals surface area contributed by atoms with E-state index in [2.05, 4.69) is 5.32 Å². The van der Waals surface area contributed by atoms with Crippen LogP contribution in [0.15, 0.2) is 29.2 Å². The molecule has 2 rings (SSSR count). The van der Waals surface area contributed by atoms with Gasteiger partial charge in [0.05, 0.1) is 7.11 Å². The van der Waals surface area contributed by atoms with Crippen LogP contribution in [0, 0.1) is 0 Å². The summed E-state index contributed by atoms with van der Waals surface area (Å²) in [5.74, 6) is 0.859. The van der Waals surface area contributed by atoms with Crippen LogP contribution < -0.4 is 10.1 Å². The van der Waals surface area contributed by atoms with Crippen molar-refractivity contribution in [3.63, 3.8) is 0 Å². The molecule has 5 heteroatoms. The molecule has 1 aliphatic carbocycles. The average molecular weight is 281 g/mol. The lowest BCUT2D eigenvalue weighted by molar-refractivity contribution is -0.139. The molecule has 0 saturated heterocycles. The summed E-state index contributed by atoms with van der Waals surface area (Å²) in [4.78, 5) is 12.2. The second-order valence-corrected chi connectivity index (χ2v) is 5.82. The van der Waals surface area contributed by atoms with E-state index in [9.17, 15) is 4.79 Å². The van der Waals surface area contributed by atoms with E-state index < -0.39 is 12.0 Å². The molecule has 1 aromatic rings. The standard InChI is InChI=1S/C14H19NO3S/c1-18-11-3-2-4-12(9-11)19-8-7-13(14(16)17)15-10-5-6-10/h2-4,9-10,13,15H,5-8H2,1H3,(H,16,17). The first-order valence-electron chi connectivity index (χ1n) is 6.45. The van der Waals surface area contributed by atoms with Crippen molar-refractivity contribution in [1.29, 1.82) is 0 Å². The lowest BCUT2D eigenvalue weighted by atomic mass is 10.2. The van der Waals surface area contributed by atoms with Gasteiger partial charge in [-0.05, 0) is 37.5 Å². The van der Waals surface area contributed by atoms with Gasteiger partial charge in [-0.2, -0.15) is 0 Å². The molecular weight excluding hydrogens is 262 g/mol. The Morgan fingerprint density at radius 3 is 3.00 bits per heavy atom. The fraction of sp³-hybridized carbons (Fsp3) is 0.500. The molecule has 0 aliphatic heterocycles. The van der Waals surface area contributed by atoms with Crippen LogP contribution in [0.1, 0.15) is 19.3 Å². The third kappa shape index (κ3) is 4.76. The third-order valence-corrected chi connectivity index (χ3v) is 4.06. The Hall–Kier alpha value is -1.20. The number of carboxylic acid groups (broad SMARTS) is 1. The topological polar surface area (TPSA) is 58.6 Å². The maximum absolute atomic E-state index is 11.1. The minimum Gasteiger partial charge on any atom is -0.497 e. The number of hydrogen-bond acceptors (Lipinski definition) is 4. The summed E-state index contributed by atoms with van der Waals surface area (Å²) >= 11 is 1.66. The number of benzene rings is 1. The molecule has 2 N–H and O–H groups in total. The lowest BCUT2D eigenvalue weighted by Crippen LogP contribution is -2.38. The van der Waals surface area contributed by atoms with E-state index in [0.717, 1.165) is 29.2 Å². The number of ether oxygens (including phenoxy) is 1. The molecule has 1 saturated carbocycles. The van der Waals surface area contributed by atoms with Crippen molar-refractivity contribution in [2.75, 3.05) is 12.9 Å². The van der Waals surface area contributed by atoms with Gasteiger partial charge in [-0.25, -0.2) is 0 Å². The van der Waals surface area contributed by atoms with Gasteiger partial charge in [-0.1, -0.05) is 6.07 Å². The fourth-order valence-corrected chi connectivity index (χ4v) is 2.76. The second-order valence-electron chi connectivity index (χ2n) is 4.65. The predicted molar refractivity (Wildman–Crippen MR) is 75.9 cm³/mol. The van der Waals surface area contributed by atoms with Gasteiger partial charge in [-0.15, -0.1) is 11.8 Å². The molecule has 104 valence electrons. The summed E-state index contributed by atoms with van der Waals surface area (Å²) in [6, 6.07) is 7.82. The van der Waals surface area contributed by atoms with Crippen LogP contribution in [0.25, 0.3) is 0 Å². The van der Waals surface area contributed by atoms with Crippen LogP contribution in [0.3, 0.4) is 0 Å². The monoisotopic (exact) mass is 281 g/mol. The highest BCUT2D eigenvalue weighted by Crippen LogP contribution is 2.25. The summed E-state index contributed by atoms with van der Waals surface area (Å²) in [7, 11) is 1.64. The zero-order chi connectivity index (χ0) is 13.7. The van der Waals surface area contributed by atoms with Crippen LogP contribution in [0.2, 0.25) is 0 Å². The number of carboxylic acids is 1. The maximum atomic E-state index is 11.1. The summed E-state index contributed by atoms with van der Waals surface area (Å²) in [5.41, 5.74) is 0. The van der Waals surface area contributed by atoms with Crippen molar-refractivity contribution in [2.24, 2.45) is 0 Å². The number of nitrogens with one attached hydrogen (secondary N) is 1. The predicted octanol–water partition coefficient (Wildman–Crippen LogP) is 2.38. The third-order valence-electron chi connectivity index (χ3n) is 3.03. The smallest absolute Gasteiger partial charge is 0.320 e. The lowest BCUT2D eigenvalue weighted by Gasteiger charge is -2.13. The van der Waals surface area contributed by atoms with Crippen molar-refractivity contribution in [3.8, 4) is 5.75 Å². The number of hydrogen-bond donors (Lipinski definition) is 2. The minimum atomic E-state index is -0.752. The van der Waals surface area contributed by atoms with E-state index in [1.54, 1.807) is 18.9 Å². The average Bonchev–Trinajstić information content (AvgIpc) is 3.21. The number of rotatable bonds is 8. The molecule has 1 aromatic carbocycles. The molecule has 0 spiro atoms. The number of methoxy groups -OCH3 is 1. The van der Waals surface area contributed by atoms with Gasteiger partial charge in [-0.3, -0.25) is 4.79 Å². The molecule has 0 radical (unpaired) electrons. The maximum Gasteiger partial charge on any atom is 0.320 e. The van der Waals surface area contributed by atoms with E-state index in [1.165, 1.54) is 0 Å². The van der Waals surface area contributed by atoms with Crippen molar-refractivity contribution >= 4 is 17.7 Å². The quantitative estimate of drug-likeness (QED) is 0.716. The van der Waals surface area contributed by atoms with Crippen molar-refractivity contribution in [3.05, 3.63) is 24.3 Å². The molecular formula is C14H19NO3S. The molecule has 4 nitrogen and oxygen atoms in total. The number of aliphatic carboxylic acids is 1. The summed E-state index contributed by atoms with van der Waals surface area (Å²) in [5, 5.41) is 12.3. The number of thioether (sulfide) groups is 1. The minimum absolute atomic E-state index is 0.419. The molecule has 19 heavy (non-hydrogen) atoms. The van der Waals surface area contributed by atoms with Crippen molar-refractivity contribution in [2.45, 2.75) is 36.2 Å². The first-order valence-corrected chi connectivity index (χ1v) is 7.43.